The fraction of sp³-hybridized carbons (Fsp3) is 0.417. The van der Waals surface area contributed by atoms with Crippen LogP contribution in [0.3, 0.4) is 0 Å². The van der Waals surface area contributed by atoms with Gasteiger partial charge in [0.25, 0.3) is 11.6 Å². The molecule has 6 nitrogen and oxygen atoms in total. The first-order valence-corrected chi connectivity index (χ1v) is 5.64. The van der Waals surface area contributed by atoms with Crippen LogP contribution in [0.15, 0.2) is 12.1 Å². The van der Waals surface area contributed by atoms with Crippen LogP contribution in [-0.2, 0) is 0 Å². The highest BCUT2D eigenvalue weighted by Gasteiger charge is 2.28. The monoisotopic (exact) mass is 288 g/mol. The zero-order valence-electron chi connectivity index (χ0n) is 11.2. The molecule has 1 amide bonds. The van der Waals surface area contributed by atoms with Gasteiger partial charge in [-0.05, 0) is 19.9 Å². The molecule has 1 rings (SSSR count). The van der Waals surface area contributed by atoms with Gasteiger partial charge >= 0.3 is 0 Å². The number of likely N-dealkylation sites (N-methyl/N-ethyl adjacent to an activating group) is 1. The van der Waals surface area contributed by atoms with Crippen LogP contribution >= 0.6 is 0 Å². The van der Waals surface area contributed by atoms with E-state index in [9.17, 15) is 28.8 Å². The second-order valence-electron chi connectivity index (χ2n) is 5.01. The van der Waals surface area contributed by atoms with Crippen molar-refractivity contribution in [3.05, 3.63) is 39.4 Å². The molecule has 1 N–H and O–H groups in total. The number of carbonyl (C=O) groups is 1. The van der Waals surface area contributed by atoms with Crippen molar-refractivity contribution in [2.45, 2.75) is 19.4 Å². The van der Waals surface area contributed by atoms with Crippen LogP contribution in [0.25, 0.3) is 0 Å². The van der Waals surface area contributed by atoms with E-state index in [0.717, 1.165) is 4.90 Å². The van der Waals surface area contributed by atoms with Gasteiger partial charge in [0.1, 0.15) is 5.56 Å². The van der Waals surface area contributed by atoms with Crippen LogP contribution in [0.4, 0.5) is 14.5 Å². The minimum atomic E-state index is -1.40. The Kier molecular flexibility index (Phi) is 4.39. The zero-order chi connectivity index (χ0) is 15.7. The third-order valence-electron chi connectivity index (χ3n) is 2.44. The maximum absolute atomic E-state index is 13.2. The molecule has 0 unspecified atom stereocenters. The summed E-state index contributed by atoms with van der Waals surface area (Å²) in [6.45, 7) is 2.76. The Bertz CT molecular complexity index is 555. The quantitative estimate of drug-likeness (QED) is 0.675. The van der Waals surface area contributed by atoms with E-state index in [2.05, 4.69) is 0 Å². The number of nitrogens with zero attached hydrogens (tertiary/aromatic N) is 2. The van der Waals surface area contributed by atoms with Crippen molar-refractivity contribution < 1.29 is 23.6 Å². The summed E-state index contributed by atoms with van der Waals surface area (Å²) < 4.78 is 26.2. The second kappa shape index (κ2) is 5.49. The van der Waals surface area contributed by atoms with Gasteiger partial charge in [-0.3, -0.25) is 14.9 Å². The van der Waals surface area contributed by atoms with Gasteiger partial charge < -0.3 is 10.0 Å². The Labute approximate surface area is 113 Å². The first-order chi connectivity index (χ1) is 9.03. The van der Waals surface area contributed by atoms with E-state index in [0.29, 0.717) is 12.1 Å². The molecular weight excluding hydrogens is 274 g/mol. The SMILES string of the molecule is CN(CC(C)(C)O)C(=O)c1cc(F)c(F)cc1[N+](=O)[O-]. The first-order valence-electron chi connectivity index (χ1n) is 5.64. The Hall–Kier alpha value is -2.09. The van der Waals surface area contributed by atoms with Gasteiger partial charge in [-0.2, -0.15) is 0 Å². The first kappa shape index (κ1) is 16.0. The molecule has 1 aromatic rings. The Morgan fingerprint density at radius 1 is 1.40 bits per heavy atom. The van der Waals surface area contributed by atoms with Gasteiger partial charge in [0.05, 0.1) is 16.6 Å². The van der Waals surface area contributed by atoms with E-state index in [4.69, 9.17) is 0 Å². The predicted octanol–water partition coefficient (Wildman–Crippen LogP) is 1.72. The molecule has 0 radical (unpaired) electrons. The van der Waals surface area contributed by atoms with Crippen molar-refractivity contribution >= 4 is 11.6 Å². The summed E-state index contributed by atoms with van der Waals surface area (Å²) in [6, 6.07) is 0.844. The number of hydrogen-bond acceptors (Lipinski definition) is 4. The minimum Gasteiger partial charge on any atom is -0.389 e. The van der Waals surface area contributed by atoms with Crippen molar-refractivity contribution in [3.63, 3.8) is 0 Å². The van der Waals surface area contributed by atoms with Crippen molar-refractivity contribution in [2.75, 3.05) is 13.6 Å². The molecule has 8 heteroatoms. The summed E-state index contributed by atoms with van der Waals surface area (Å²) in [5, 5.41) is 20.4. The van der Waals surface area contributed by atoms with E-state index in [1.807, 2.05) is 0 Å². The van der Waals surface area contributed by atoms with Crippen LogP contribution < -0.4 is 0 Å². The lowest BCUT2D eigenvalue weighted by Crippen LogP contribution is -2.39. The fourth-order valence-electron chi connectivity index (χ4n) is 1.72. The van der Waals surface area contributed by atoms with Crippen molar-refractivity contribution in [3.8, 4) is 0 Å². The molecule has 0 aromatic heterocycles. The molecule has 0 aliphatic heterocycles. The summed E-state index contributed by atoms with van der Waals surface area (Å²) in [4.78, 5) is 22.9. The number of amides is 1. The Morgan fingerprint density at radius 3 is 2.35 bits per heavy atom. The molecule has 0 bridgehead atoms. The number of nitro benzene ring substituents is 1. The highest BCUT2D eigenvalue weighted by molar-refractivity contribution is 5.98. The molecule has 0 saturated carbocycles. The highest BCUT2D eigenvalue weighted by atomic mass is 19.2. The number of halogens is 2. The van der Waals surface area contributed by atoms with Gasteiger partial charge in [-0.15, -0.1) is 0 Å². The molecule has 0 atom stereocenters. The largest absolute Gasteiger partial charge is 0.389 e. The van der Waals surface area contributed by atoms with Crippen LogP contribution in [0.1, 0.15) is 24.2 Å². The molecule has 1 aromatic carbocycles. The number of aliphatic hydroxyl groups is 1. The van der Waals surface area contributed by atoms with E-state index in [1.165, 1.54) is 20.9 Å². The third-order valence-corrected chi connectivity index (χ3v) is 2.44. The van der Waals surface area contributed by atoms with E-state index < -0.39 is 39.3 Å². The molecule has 0 aliphatic rings. The van der Waals surface area contributed by atoms with Gasteiger partial charge in [0.2, 0.25) is 0 Å². The van der Waals surface area contributed by atoms with E-state index in [-0.39, 0.29) is 6.54 Å². The Balaban J connectivity index is 3.21. The maximum Gasteiger partial charge on any atom is 0.285 e. The molecule has 0 saturated heterocycles. The summed E-state index contributed by atoms with van der Waals surface area (Å²) in [7, 11) is 1.30. The number of carbonyl (C=O) groups excluding carboxylic acids is 1. The topological polar surface area (TPSA) is 83.7 Å². The van der Waals surface area contributed by atoms with Gasteiger partial charge in [0, 0.05) is 13.6 Å². The predicted molar refractivity (Wildman–Crippen MR) is 66.3 cm³/mol. The molecule has 0 aliphatic carbocycles. The molecule has 20 heavy (non-hydrogen) atoms. The Morgan fingerprint density at radius 2 is 1.90 bits per heavy atom. The lowest BCUT2D eigenvalue weighted by Gasteiger charge is -2.25. The van der Waals surface area contributed by atoms with Crippen LogP contribution in [-0.4, -0.2) is 40.0 Å². The highest BCUT2D eigenvalue weighted by Crippen LogP contribution is 2.23. The summed E-state index contributed by atoms with van der Waals surface area (Å²) in [6.07, 6.45) is 0. The van der Waals surface area contributed by atoms with Crippen LogP contribution in [0, 0.1) is 21.7 Å². The molecular formula is C12H14F2N2O4. The molecule has 0 spiro atoms. The lowest BCUT2D eigenvalue weighted by atomic mass is 10.1. The fourth-order valence-corrected chi connectivity index (χ4v) is 1.72. The average Bonchev–Trinajstić information content (AvgIpc) is 2.28. The number of rotatable bonds is 4. The minimum absolute atomic E-state index is 0.123. The van der Waals surface area contributed by atoms with Crippen LogP contribution in [0.2, 0.25) is 0 Å². The zero-order valence-corrected chi connectivity index (χ0v) is 11.2. The summed E-state index contributed by atoms with van der Waals surface area (Å²) >= 11 is 0. The van der Waals surface area contributed by atoms with Gasteiger partial charge in [-0.1, -0.05) is 0 Å². The smallest absolute Gasteiger partial charge is 0.285 e. The van der Waals surface area contributed by atoms with Gasteiger partial charge in [0.15, 0.2) is 11.6 Å². The van der Waals surface area contributed by atoms with Crippen molar-refractivity contribution in [1.29, 1.82) is 0 Å². The standard InChI is InChI=1S/C12H14F2N2O4/c1-12(2,18)6-15(3)11(17)7-4-8(13)9(14)5-10(7)16(19)20/h4-5,18H,6H2,1-3H3. The van der Waals surface area contributed by atoms with E-state index in [1.54, 1.807) is 0 Å². The normalized spacial score (nSPS) is 11.3. The summed E-state index contributed by atoms with van der Waals surface area (Å²) in [5.41, 5.74) is -2.62. The number of hydrogen-bond donors (Lipinski definition) is 1. The van der Waals surface area contributed by atoms with Crippen molar-refractivity contribution in [2.24, 2.45) is 0 Å². The average molecular weight is 288 g/mol. The van der Waals surface area contributed by atoms with Gasteiger partial charge in [-0.25, -0.2) is 8.78 Å². The lowest BCUT2D eigenvalue weighted by molar-refractivity contribution is -0.385. The van der Waals surface area contributed by atoms with Crippen molar-refractivity contribution in [1.82, 2.24) is 4.90 Å². The molecule has 0 heterocycles. The number of benzene rings is 1. The second-order valence-corrected chi connectivity index (χ2v) is 5.01. The maximum atomic E-state index is 13.2. The summed E-state index contributed by atoms with van der Waals surface area (Å²) in [5.74, 6) is -3.63. The molecule has 0 fully saturated rings. The van der Waals surface area contributed by atoms with E-state index >= 15 is 0 Å². The van der Waals surface area contributed by atoms with Crippen LogP contribution in [0.5, 0.6) is 0 Å². The third kappa shape index (κ3) is 3.70. The molecule has 110 valence electrons. The number of nitro groups is 1.